The fourth-order valence-electron chi connectivity index (χ4n) is 2.51. The Bertz CT molecular complexity index is 919. The molecule has 0 amide bonds. The molecule has 0 bridgehead atoms. The maximum atomic E-state index is 12.2. The Hall–Kier alpha value is -1.82. The molecular formula is C17H17ClN2O2S. The molecule has 0 saturated heterocycles. The minimum atomic E-state index is -3.51. The van der Waals surface area contributed by atoms with Crippen molar-refractivity contribution in [2.45, 2.75) is 17.9 Å². The van der Waals surface area contributed by atoms with Crippen LogP contribution in [0.5, 0.6) is 0 Å². The van der Waals surface area contributed by atoms with Crippen LogP contribution in [0, 0.1) is 0 Å². The SMILES string of the molecule is O=S(=O)(NCCCn1ccc2ccccc21)c1cccc(Cl)c1. The van der Waals surface area contributed by atoms with Crippen LogP contribution in [0.2, 0.25) is 5.02 Å². The Kier molecular flexibility index (Phi) is 4.71. The van der Waals surface area contributed by atoms with E-state index in [0.717, 1.165) is 12.1 Å². The van der Waals surface area contributed by atoms with E-state index in [-0.39, 0.29) is 4.90 Å². The Morgan fingerprint density at radius 1 is 1.04 bits per heavy atom. The quantitative estimate of drug-likeness (QED) is 0.691. The lowest BCUT2D eigenvalue weighted by molar-refractivity contribution is 0.572. The largest absolute Gasteiger partial charge is 0.347 e. The Morgan fingerprint density at radius 3 is 2.70 bits per heavy atom. The first-order valence-electron chi connectivity index (χ1n) is 7.35. The number of sulfonamides is 1. The Labute approximate surface area is 140 Å². The van der Waals surface area contributed by atoms with Crippen LogP contribution in [-0.4, -0.2) is 19.5 Å². The van der Waals surface area contributed by atoms with E-state index in [1.807, 2.05) is 18.3 Å². The van der Waals surface area contributed by atoms with Crippen LogP contribution in [0.1, 0.15) is 6.42 Å². The fourth-order valence-corrected chi connectivity index (χ4v) is 3.88. The highest BCUT2D eigenvalue weighted by Crippen LogP contribution is 2.16. The monoisotopic (exact) mass is 348 g/mol. The molecule has 0 saturated carbocycles. The predicted octanol–water partition coefficient (Wildman–Crippen LogP) is 3.66. The van der Waals surface area contributed by atoms with Gasteiger partial charge >= 0.3 is 0 Å². The zero-order valence-electron chi connectivity index (χ0n) is 12.4. The number of aromatic nitrogens is 1. The third-order valence-electron chi connectivity index (χ3n) is 3.65. The molecule has 0 spiro atoms. The van der Waals surface area contributed by atoms with Gasteiger partial charge in [-0.1, -0.05) is 35.9 Å². The standard InChI is InChI=1S/C17H17ClN2O2S/c18-15-6-3-7-16(13-15)23(21,22)19-10-4-11-20-12-9-14-5-1-2-8-17(14)20/h1-3,5-9,12-13,19H,4,10-11H2. The second-order valence-corrected chi connectivity index (χ2v) is 7.48. The van der Waals surface area contributed by atoms with E-state index >= 15 is 0 Å². The average molecular weight is 349 g/mol. The summed E-state index contributed by atoms with van der Waals surface area (Å²) in [4.78, 5) is 0.191. The van der Waals surface area contributed by atoms with Gasteiger partial charge in [-0.2, -0.15) is 0 Å². The highest BCUT2D eigenvalue weighted by Gasteiger charge is 2.13. The average Bonchev–Trinajstić information content (AvgIpc) is 2.95. The molecule has 0 unspecified atom stereocenters. The van der Waals surface area contributed by atoms with Gasteiger partial charge in [-0.3, -0.25) is 0 Å². The second kappa shape index (κ2) is 6.74. The molecule has 0 fully saturated rings. The lowest BCUT2D eigenvalue weighted by Crippen LogP contribution is -2.25. The summed E-state index contributed by atoms with van der Waals surface area (Å²) in [7, 11) is -3.51. The van der Waals surface area contributed by atoms with Gasteiger partial charge in [0.15, 0.2) is 0 Å². The second-order valence-electron chi connectivity index (χ2n) is 5.28. The summed E-state index contributed by atoms with van der Waals surface area (Å²) in [6.45, 7) is 1.13. The van der Waals surface area contributed by atoms with Crippen molar-refractivity contribution in [3.8, 4) is 0 Å². The molecular weight excluding hydrogens is 332 g/mol. The number of para-hydroxylation sites is 1. The summed E-state index contributed by atoms with van der Waals surface area (Å²) in [6, 6.07) is 16.5. The van der Waals surface area contributed by atoms with E-state index in [1.54, 1.807) is 12.1 Å². The summed E-state index contributed by atoms with van der Waals surface area (Å²) < 4.78 is 29.1. The molecule has 1 N–H and O–H groups in total. The molecule has 1 heterocycles. The van der Waals surface area contributed by atoms with E-state index in [2.05, 4.69) is 27.5 Å². The number of rotatable bonds is 6. The van der Waals surface area contributed by atoms with Crippen molar-refractivity contribution in [2.24, 2.45) is 0 Å². The van der Waals surface area contributed by atoms with Gasteiger partial charge in [0.1, 0.15) is 0 Å². The molecule has 0 atom stereocenters. The number of aryl methyl sites for hydroxylation is 1. The molecule has 0 aliphatic rings. The van der Waals surface area contributed by atoms with Crippen LogP contribution >= 0.6 is 11.6 Å². The summed E-state index contributed by atoms with van der Waals surface area (Å²) in [5.74, 6) is 0. The minimum absolute atomic E-state index is 0.191. The van der Waals surface area contributed by atoms with E-state index < -0.39 is 10.0 Å². The van der Waals surface area contributed by atoms with Crippen LogP contribution in [0.25, 0.3) is 10.9 Å². The van der Waals surface area contributed by atoms with Crippen molar-refractivity contribution >= 4 is 32.5 Å². The first-order chi connectivity index (χ1) is 11.1. The van der Waals surface area contributed by atoms with Crippen LogP contribution in [0.4, 0.5) is 0 Å². The zero-order valence-corrected chi connectivity index (χ0v) is 14.0. The maximum absolute atomic E-state index is 12.2. The maximum Gasteiger partial charge on any atom is 0.240 e. The summed E-state index contributed by atoms with van der Waals surface area (Å²) in [6.07, 6.45) is 2.73. The fraction of sp³-hybridized carbons (Fsp3) is 0.176. The van der Waals surface area contributed by atoms with E-state index in [4.69, 9.17) is 11.6 Å². The van der Waals surface area contributed by atoms with E-state index in [0.29, 0.717) is 18.0 Å². The van der Waals surface area contributed by atoms with Crippen molar-refractivity contribution in [3.05, 3.63) is 65.8 Å². The molecule has 0 aliphatic heterocycles. The van der Waals surface area contributed by atoms with Gasteiger partial charge in [-0.05, 0) is 42.1 Å². The smallest absolute Gasteiger partial charge is 0.240 e. The highest BCUT2D eigenvalue weighted by molar-refractivity contribution is 7.89. The van der Waals surface area contributed by atoms with Crippen molar-refractivity contribution in [1.82, 2.24) is 9.29 Å². The Morgan fingerprint density at radius 2 is 1.87 bits per heavy atom. The van der Waals surface area contributed by atoms with E-state index in [1.165, 1.54) is 17.5 Å². The lowest BCUT2D eigenvalue weighted by atomic mass is 10.2. The van der Waals surface area contributed by atoms with Crippen molar-refractivity contribution in [2.75, 3.05) is 6.54 Å². The molecule has 2 aromatic carbocycles. The van der Waals surface area contributed by atoms with E-state index in [9.17, 15) is 8.42 Å². The number of nitrogens with zero attached hydrogens (tertiary/aromatic N) is 1. The molecule has 120 valence electrons. The molecule has 4 nitrogen and oxygen atoms in total. The Balaban J connectivity index is 1.59. The number of fused-ring (bicyclic) bond motifs is 1. The first kappa shape index (κ1) is 16.1. The van der Waals surface area contributed by atoms with Gasteiger partial charge in [-0.25, -0.2) is 13.1 Å². The molecule has 23 heavy (non-hydrogen) atoms. The predicted molar refractivity (Wildman–Crippen MR) is 93.2 cm³/mol. The van der Waals surface area contributed by atoms with Crippen molar-refractivity contribution in [1.29, 1.82) is 0 Å². The molecule has 3 aromatic rings. The minimum Gasteiger partial charge on any atom is -0.347 e. The third kappa shape index (κ3) is 3.75. The zero-order chi connectivity index (χ0) is 16.3. The van der Waals surface area contributed by atoms with Crippen molar-refractivity contribution in [3.63, 3.8) is 0 Å². The number of hydrogen-bond acceptors (Lipinski definition) is 2. The molecule has 3 rings (SSSR count). The topological polar surface area (TPSA) is 51.1 Å². The molecule has 1 aromatic heterocycles. The van der Waals surface area contributed by atoms with Crippen LogP contribution < -0.4 is 4.72 Å². The van der Waals surface area contributed by atoms with Gasteiger partial charge in [0.25, 0.3) is 0 Å². The van der Waals surface area contributed by atoms with Crippen LogP contribution in [-0.2, 0) is 16.6 Å². The number of nitrogens with one attached hydrogen (secondary N) is 1. The van der Waals surface area contributed by atoms with Crippen molar-refractivity contribution < 1.29 is 8.42 Å². The summed E-state index contributed by atoms with van der Waals surface area (Å²) in [5, 5.41) is 1.60. The van der Waals surface area contributed by atoms with Gasteiger partial charge < -0.3 is 4.57 Å². The first-order valence-corrected chi connectivity index (χ1v) is 9.21. The van der Waals surface area contributed by atoms with Gasteiger partial charge in [0.05, 0.1) is 4.90 Å². The summed E-state index contributed by atoms with van der Waals surface area (Å²) >= 11 is 5.84. The molecule has 0 radical (unpaired) electrons. The number of benzene rings is 2. The van der Waals surface area contributed by atoms with Gasteiger partial charge in [0, 0.05) is 29.8 Å². The molecule has 0 aliphatic carbocycles. The van der Waals surface area contributed by atoms with Gasteiger partial charge in [-0.15, -0.1) is 0 Å². The summed E-state index contributed by atoms with van der Waals surface area (Å²) in [5.41, 5.74) is 1.16. The van der Waals surface area contributed by atoms with Gasteiger partial charge in [0.2, 0.25) is 10.0 Å². The van der Waals surface area contributed by atoms with Crippen LogP contribution in [0.3, 0.4) is 0 Å². The molecule has 6 heteroatoms. The lowest BCUT2D eigenvalue weighted by Gasteiger charge is -2.08. The number of hydrogen-bond donors (Lipinski definition) is 1. The normalized spacial score (nSPS) is 11.9. The third-order valence-corrected chi connectivity index (χ3v) is 5.35. The van der Waals surface area contributed by atoms with Crippen LogP contribution in [0.15, 0.2) is 65.7 Å². The number of halogens is 1. The highest BCUT2D eigenvalue weighted by atomic mass is 35.5.